The van der Waals surface area contributed by atoms with Crippen molar-refractivity contribution in [2.75, 3.05) is 20.1 Å². The van der Waals surface area contributed by atoms with E-state index in [1.165, 1.54) is 6.42 Å². The summed E-state index contributed by atoms with van der Waals surface area (Å²) in [4.78, 5) is 6.68. The van der Waals surface area contributed by atoms with Gasteiger partial charge in [-0.3, -0.25) is 4.90 Å². The molecule has 0 saturated carbocycles. The standard InChI is InChI=1S/C8H14N3/c1-7-6-11-5-3-4-9-8(11)10(7)2/h6-7H,3-5H2,1-2H3/q+1. The van der Waals surface area contributed by atoms with E-state index in [0.717, 1.165) is 19.0 Å². The van der Waals surface area contributed by atoms with E-state index in [0.29, 0.717) is 6.04 Å². The lowest BCUT2D eigenvalue weighted by atomic mass is 10.4. The van der Waals surface area contributed by atoms with Gasteiger partial charge in [-0.05, 0) is 6.92 Å². The Bertz CT molecular complexity index is 229. The van der Waals surface area contributed by atoms with E-state index in [1.54, 1.807) is 0 Å². The third kappa shape index (κ3) is 0.951. The van der Waals surface area contributed by atoms with Crippen LogP contribution in [-0.4, -0.2) is 47.8 Å². The fourth-order valence-electron chi connectivity index (χ4n) is 1.61. The van der Waals surface area contributed by atoms with Crippen molar-refractivity contribution in [3.05, 3.63) is 0 Å². The van der Waals surface area contributed by atoms with Crippen molar-refractivity contribution < 1.29 is 4.58 Å². The first-order chi connectivity index (χ1) is 5.29. The van der Waals surface area contributed by atoms with Crippen molar-refractivity contribution in [2.24, 2.45) is 4.99 Å². The maximum atomic E-state index is 4.46. The van der Waals surface area contributed by atoms with Crippen LogP contribution in [0, 0.1) is 0 Å². The number of hydrogen-bond donors (Lipinski definition) is 0. The van der Waals surface area contributed by atoms with Gasteiger partial charge in [-0.15, -0.1) is 4.99 Å². The van der Waals surface area contributed by atoms with E-state index in [2.05, 4.69) is 34.7 Å². The van der Waals surface area contributed by atoms with E-state index < -0.39 is 0 Å². The molecule has 3 heteroatoms. The van der Waals surface area contributed by atoms with E-state index in [-0.39, 0.29) is 0 Å². The molecule has 0 aliphatic carbocycles. The van der Waals surface area contributed by atoms with Gasteiger partial charge in [0.2, 0.25) is 0 Å². The molecule has 2 rings (SSSR count). The molecule has 0 fully saturated rings. The maximum absolute atomic E-state index is 4.46. The molecule has 0 aromatic carbocycles. The van der Waals surface area contributed by atoms with Crippen LogP contribution in [0.2, 0.25) is 0 Å². The summed E-state index contributed by atoms with van der Waals surface area (Å²) in [6.07, 6.45) is 3.44. The minimum Gasteiger partial charge on any atom is -0.256 e. The first-order valence-corrected chi connectivity index (χ1v) is 4.18. The molecule has 0 bridgehead atoms. The SMILES string of the molecule is CC1C=[N+]2CCCN=C2N1C. The summed E-state index contributed by atoms with van der Waals surface area (Å²) in [6.45, 7) is 4.34. The predicted octanol–water partition coefficient (Wildman–Crippen LogP) is 0.163. The highest BCUT2D eigenvalue weighted by molar-refractivity contribution is 5.84. The minimum atomic E-state index is 0.520. The fraction of sp³-hybridized carbons (Fsp3) is 0.750. The Morgan fingerprint density at radius 1 is 1.73 bits per heavy atom. The summed E-state index contributed by atoms with van der Waals surface area (Å²) < 4.78 is 2.26. The number of aliphatic imine (C=N–C) groups is 1. The highest BCUT2D eigenvalue weighted by Crippen LogP contribution is 2.08. The molecule has 60 valence electrons. The van der Waals surface area contributed by atoms with Crippen molar-refractivity contribution in [1.29, 1.82) is 0 Å². The highest BCUT2D eigenvalue weighted by atomic mass is 15.4. The summed E-state index contributed by atoms with van der Waals surface area (Å²) in [5.41, 5.74) is 0. The van der Waals surface area contributed by atoms with Crippen molar-refractivity contribution in [3.63, 3.8) is 0 Å². The number of rotatable bonds is 0. The smallest absolute Gasteiger partial charge is 0.256 e. The van der Waals surface area contributed by atoms with Crippen LogP contribution in [0.4, 0.5) is 0 Å². The quantitative estimate of drug-likeness (QED) is 0.452. The first kappa shape index (κ1) is 6.83. The van der Waals surface area contributed by atoms with Gasteiger partial charge in [-0.2, -0.15) is 0 Å². The topological polar surface area (TPSA) is 18.6 Å². The number of nitrogens with zero attached hydrogens (tertiary/aromatic N) is 3. The lowest BCUT2D eigenvalue weighted by Crippen LogP contribution is -2.35. The molecule has 1 unspecified atom stereocenters. The van der Waals surface area contributed by atoms with Crippen molar-refractivity contribution in [3.8, 4) is 0 Å². The molecule has 11 heavy (non-hydrogen) atoms. The zero-order valence-corrected chi connectivity index (χ0v) is 7.12. The molecule has 0 aromatic rings. The third-order valence-corrected chi connectivity index (χ3v) is 2.39. The fourth-order valence-corrected chi connectivity index (χ4v) is 1.61. The predicted molar refractivity (Wildman–Crippen MR) is 45.3 cm³/mol. The van der Waals surface area contributed by atoms with Crippen LogP contribution < -0.4 is 0 Å². The van der Waals surface area contributed by atoms with Gasteiger partial charge < -0.3 is 0 Å². The number of fused-ring (bicyclic) bond motifs is 1. The molecular formula is C8H14N3+. The van der Waals surface area contributed by atoms with Crippen molar-refractivity contribution >= 4 is 12.2 Å². The van der Waals surface area contributed by atoms with Gasteiger partial charge in [0.05, 0.1) is 19.8 Å². The summed E-state index contributed by atoms with van der Waals surface area (Å²) in [7, 11) is 2.10. The average Bonchev–Trinajstić information content (AvgIpc) is 2.30. The van der Waals surface area contributed by atoms with Crippen LogP contribution >= 0.6 is 0 Å². The molecule has 0 radical (unpaired) electrons. The van der Waals surface area contributed by atoms with E-state index in [1.807, 2.05) is 0 Å². The second-order valence-corrected chi connectivity index (χ2v) is 3.23. The summed E-state index contributed by atoms with van der Waals surface area (Å²) in [6, 6.07) is 0.520. The monoisotopic (exact) mass is 152 g/mol. The zero-order chi connectivity index (χ0) is 7.84. The Morgan fingerprint density at radius 3 is 3.27 bits per heavy atom. The van der Waals surface area contributed by atoms with Gasteiger partial charge in [0.1, 0.15) is 12.6 Å². The first-order valence-electron chi connectivity index (χ1n) is 4.18. The van der Waals surface area contributed by atoms with Crippen molar-refractivity contribution in [2.45, 2.75) is 19.4 Å². The van der Waals surface area contributed by atoms with Crippen LogP contribution in [0.3, 0.4) is 0 Å². The Hall–Kier alpha value is -0.860. The molecule has 0 N–H and O–H groups in total. The van der Waals surface area contributed by atoms with Gasteiger partial charge in [0, 0.05) is 6.42 Å². The lowest BCUT2D eigenvalue weighted by molar-refractivity contribution is -0.410. The van der Waals surface area contributed by atoms with E-state index in [4.69, 9.17) is 0 Å². The molecule has 0 spiro atoms. The highest BCUT2D eigenvalue weighted by Gasteiger charge is 2.33. The summed E-state index contributed by atoms with van der Waals surface area (Å²) >= 11 is 0. The summed E-state index contributed by atoms with van der Waals surface area (Å²) in [5.74, 6) is 1.16. The molecule has 2 heterocycles. The van der Waals surface area contributed by atoms with Gasteiger partial charge >= 0.3 is 5.96 Å². The van der Waals surface area contributed by atoms with Crippen LogP contribution in [0.1, 0.15) is 13.3 Å². The number of guanidine groups is 1. The zero-order valence-electron chi connectivity index (χ0n) is 7.12. The minimum absolute atomic E-state index is 0.520. The van der Waals surface area contributed by atoms with Crippen LogP contribution in [0.25, 0.3) is 0 Å². The Balaban J connectivity index is 2.32. The van der Waals surface area contributed by atoms with E-state index in [9.17, 15) is 0 Å². The second-order valence-electron chi connectivity index (χ2n) is 3.23. The molecule has 2 aliphatic rings. The molecule has 1 atom stereocenters. The van der Waals surface area contributed by atoms with E-state index >= 15 is 0 Å². The Labute approximate surface area is 67.0 Å². The summed E-state index contributed by atoms with van der Waals surface area (Å²) in [5, 5.41) is 0. The largest absolute Gasteiger partial charge is 0.388 e. The van der Waals surface area contributed by atoms with Crippen molar-refractivity contribution in [1.82, 2.24) is 4.90 Å². The van der Waals surface area contributed by atoms with Crippen LogP contribution in [0.5, 0.6) is 0 Å². The number of hydrogen-bond acceptors (Lipinski definition) is 2. The second kappa shape index (κ2) is 2.32. The maximum Gasteiger partial charge on any atom is 0.388 e. The molecule has 2 aliphatic heterocycles. The normalized spacial score (nSPS) is 29.6. The van der Waals surface area contributed by atoms with Crippen LogP contribution in [0.15, 0.2) is 4.99 Å². The molecule has 0 amide bonds. The van der Waals surface area contributed by atoms with Crippen LogP contribution in [-0.2, 0) is 0 Å². The Morgan fingerprint density at radius 2 is 2.55 bits per heavy atom. The third-order valence-electron chi connectivity index (χ3n) is 2.39. The molecular weight excluding hydrogens is 138 g/mol. The van der Waals surface area contributed by atoms with Gasteiger partial charge in [-0.25, -0.2) is 4.58 Å². The molecule has 3 nitrogen and oxygen atoms in total. The molecule has 0 aromatic heterocycles. The van der Waals surface area contributed by atoms with Gasteiger partial charge in [-0.1, -0.05) is 0 Å². The van der Waals surface area contributed by atoms with Gasteiger partial charge in [0.25, 0.3) is 0 Å². The lowest BCUT2D eigenvalue weighted by Gasteiger charge is -2.12. The Kier molecular flexibility index (Phi) is 1.44. The molecule has 0 saturated heterocycles. The average molecular weight is 152 g/mol. The van der Waals surface area contributed by atoms with Gasteiger partial charge in [0.15, 0.2) is 0 Å².